The molecule has 0 aromatic heterocycles. The highest BCUT2D eigenvalue weighted by atomic mass is 35.5. The highest BCUT2D eigenvalue weighted by Gasteiger charge is 2.41. The van der Waals surface area contributed by atoms with E-state index in [1.165, 1.54) is 0 Å². The Balaban J connectivity index is 2.11. The largest absolute Gasteiger partial charge is 0.353 e. The van der Waals surface area contributed by atoms with Gasteiger partial charge in [0.1, 0.15) is 6.10 Å². The van der Waals surface area contributed by atoms with Crippen LogP contribution in [-0.2, 0) is 20.6 Å². The summed E-state index contributed by atoms with van der Waals surface area (Å²) in [7, 11) is 1.62. The Kier molecular flexibility index (Phi) is 3.73. The Morgan fingerprint density at radius 3 is 2.65 bits per heavy atom. The van der Waals surface area contributed by atoms with E-state index in [0.717, 1.165) is 10.6 Å². The fourth-order valence-electron chi connectivity index (χ4n) is 2.02. The number of hydrogen-bond acceptors (Lipinski definition) is 3. The first-order valence-electron chi connectivity index (χ1n) is 5.64. The van der Waals surface area contributed by atoms with Gasteiger partial charge in [-0.15, -0.1) is 0 Å². The number of hydrogen-bond donors (Lipinski definition) is 0. The molecule has 94 valence electrons. The topological polar surface area (TPSA) is 27.7 Å². The van der Waals surface area contributed by atoms with Crippen molar-refractivity contribution in [3.8, 4) is 0 Å². The molecule has 0 N–H and O–H groups in total. The summed E-state index contributed by atoms with van der Waals surface area (Å²) >= 11 is 6.13. The number of benzene rings is 1. The summed E-state index contributed by atoms with van der Waals surface area (Å²) in [4.78, 5) is 0. The molecule has 1 saturated heterocycles. The van der Waals surface area contributed by atoms with Crippen molar-refractivity contribution in [2.45, 2.75) is 38.4 Å². The van der Waals surface area contributed by atoms with Gasteiger partial charge in [-0.05, 0) is 25.5 Å². The maximum atomic E-state index is 6.13. The van der Waals surface area contributed by atoms with Crippen LogP contribution in [0.4, 0.5) is 0 Å². The molecule has 1 aromatic rings. The first-order valence-corrected chi connectivity index (χ1v) is 6.01. The lowest BCUT2D eigenvalue weighted by molar-refractivity contribution is -0.182. The summed E-state index contributed by atoms with van der Waals surface area (Å²) in [6.07, 6.45) is 0.206. The van der Waals surface area contributed by atoms with Crippen LogP contribution in [0.2, 0.25) is 5.02 Å². The summed E-state index contributed by atoms with van der Waals surface area (Å²) in [6, 6.07) is 7.74. The summed E-state index contributed by atoms with van der Waals surface area (Å²) < 4.78 is 16.7. The van der Waals surface area contributed by atoms with Gasteiger partial charge in [0.2, 0.25) is 0 Å². The Labute approximate surface area is 107 Å². The normalized spacial score (nSPS) is 27.3. The van der Waals surface area contributed by atoms with E-state index in [-0.39, 0.29) is 12.4 Å². The van der Waals surface area contributed by atoms with E-state index in [1.54, 1.807) is 7.11 Å². The second kappa shape index (κ2) is 4.94. The van der Waals surface area contributed by atoms with Gasteiger partial charge >= 0.3 is 0 Å². The van der Waals surface area contributed by atoms with Crippen LogP contribution >= 0.6 is 11.6 Å². The molecule has 1 aliphatic heterocycles. The van der Waals surface area contributed by atoms with E-state index in [4.69, 9.17) is 25.8 Å². The SMILES string of the molecule is CO[C@H]1OC(C)(C)O[C@H]1Cc1ccccc1Cl. The zero-order valence-electron chi connectivity index (χ0n) is 10.3. The van der Waals surface area contributed by atoms with Crippen molar-refractivity contribution >= 4 is 11.6 Å². The van der Waals surface area contributed by atoms with Gasteiger partial charge in [-0.3, -0.25) is 0 Å². The molecule has 1 aliphatic rings. The molecule has 0 bridgehead atoms. The molecule has 0 unspecified atom stereocenters. The van der Waals surface area contributed by atoms with Gasteiger partial charge in [-0.25, -0.2) is 0 Å². The van der Waals surface area contributed by atoms with Crippen molar-refractivity contribution in [1.82, 2.24) is 0 Å². The molecule has 0 spiro atoms. The van der Waals surface area contributed by atoms with Crippen molar-refractivity contribution in [3.05, 3.63) is 34.9 Å². The monoisotopic (exact) mass is 256 g/mol. The Morgan fingerprint density at radius 2 is 2.00 bits per heavy atom. The quantitative estimate of drug-likeness (QED) is 0.832. The highest BCUT2D eigenvalue weighted by Crippen LogP contribution is 2.31. The van der Waals surface area contributed by atoms with Crippen LogP contribution in [0.25, 0.3) is 0 Å². The summed E-state index contributed by atoms with van der Waals surface area (Å²) in [5.41, 5.74) is 1.04. The molecule has 2 atom stereocenters. The Morgan fingerprint density at radius 1 is 1.29 bits per heavy atom. The summed E-state index contributed by atoms with van der Waals surface area (Å²) in [5.74, 6) is -0.605. The molecule has 1 fully saturated rings. The fourth-order valence-corrected chi connectivity index (χ4v) is 2.23. The molecule has 0 radical (unpaired) electrons. The average molecular weight is 257 g/mol. The van der Waals surface area contributed by atoms with E-state index < -0.39 is 5.79 Å². The molecular weight excluding hydrogens is 240 g/mol. The van der Waals surface area contributed by atoms with E-state index in [2.05, 4.69) is 0 Å². The van der Waals surface area contributed by atoms with Crippen molar-refractivity contribution in [2.24, 2.45) is 0 Å². The van der Waals surface area contributed by atoms with Gasteiger partial charge in [-0.1, -0.05) is 29.8 Å². The second-order valence-electron chi connectivity index (χ2n) is 4.57. The van der Waals surface area contributed by atoms with Crippen LogP contribution in [0.15, 0.2) is 24.3 Å². The molecule has 0 amide bonds. The van der Waals surface area contributed by atoms with Gasteiger partial charge < -0.3 is 14.2 Å². The lowest BCUT2D eigenvalue weighted by Gasteiger charge is -2.16. The Bertz CT molecular complexity index is 392. The van der Waals surface area contributed by atoms with Crippen molar-refractivity contribution in [3.63, 3.8) is 0 Å². The summed E-state index contributed by atoms with van der Waals surface area (Å²) in [6.45, 7) is 3.76. The van der Waals surface area contributed by atoms with Crippen LogP contribution in [-0.4, -0.2) is 25.3 Å². The second-order valence-corrected chi connectivity index (χ2v) is 4.98. The van der Waals surface area contributed by atoms with Gasteiger partial charge in [0.05, 0.1) is 0 Å². The minimum absolute atomic E-state index is 0.130. The van der Waals surface area contributed by atoms with Crippen molar-refractivity contribution < 1.29 is 14.2 Å². The van der Waals surface area contributed by atoms with Crippen LogP contribution < -0.4 is 0 Å². The van der Waals surface area contributed by atoms with Gasteiger partial charge in [0, 0.05) is 18.6 Å². The highest BCUT2D eigenvalue weighted by molar-refractivity contribution is 6.31. The predicted molar refractivity (Wildman–Crippen MR) is 66.0 cm³/mol. The fraction of sp³-hybridized carbons (Fsp3) is 0.538. The number of halogens is 1. The first kappa shape index (κ1) is 12.8. The number of ether oxygens (including phenoxy) is 3. The van der Waals surface area contributed by atoms with Crippen molar-refractivity contribution in [2.75, 3.05) is 7.11 Å². The molecule has 1 heterocycles. The van der Waals surface area contributed by atoms with Crippen LogP contribution in [0.1, 0.15) is 19.4 Å². The molecule has 2 rings (SSSR count). The molecule has 17 heavy (non-hydrogen) atoms. The molecule has 0 aliphatic carbocycles. The Hall–Kier alpha value is -0.610. The third-order valence-corrected chi connectivity index (χ3v) is 3.12. The maximum Gasteiger partial charge on any atom is 0.187 e. The zero-order chi connectivity index (χ0) is 12.5. The third kappa shape index (κ3) is 2.99. The number of methoxy groups -OCH3 is 1. The van der Waals surface area contributed by atoms with Crippen LogP contribution in [0.3, 0.4) is 0 Å². The van der Waals surface area contributed by atoms with Crippen LogP contribution in [0.5, 0.6) is 0 Å². The van der Waals surface area contributed by atoms with Gasteiger partial charge in [0.15, 0.2) is 12.1 Å². The smallest absolute Gasteiger partial charge is 0.187 e. The van der Waals surface area contributed by atoms with E-state index in [9.17, 15) is 0 Å². The van der Waals surface area contributed by atoms with Crippen LogP contribution in [0, 0.1) is 0 Å². The summed E-state index contributed by atoms with van der Waals surface area (Å²) in [5, 5.41) is 0.746. The predicted octanol–water partition coefficient (Wildman–Crippen LogP) is 3.01. The maximum absolute atomic E-state index is 6.13. The molecule has 0 saturated carbocycles. The van der Waals surface area contributed by atoms with E-state index in [0.29, 0.717) is 6.42 Å². The molecule has 1 aromatic carbocycles. The molecule has 3 nitrogen and oxygen atoms in total. The molecular formula is C13H17ClO3. The lowest BCUT2D eigenvalue weighted by atomic mass is 10.1. The minimum atomic E-state index is -0.605. The molecule has 4 heteroatoms. The van der Waals surface area contributed by atoms with Gasteiger partial charge in [-0.2, -0.15) is 0 Å². The first-order chi connectivity index (χ1) is 8.02. The standard InChI is InChI=1S/C13H17ClO3/c1-13(2)16-11(12(15-3)17-13)8-9-6-4-5-7-10(9)14/h4-7,11-12H,8H2,1-3H3/t11-,12-/m0/s1. The third-order valence-electron chi connectivity index (χ3n) is 2.75. The zero-order valence-corrected chi connectivity index (χ0v) is 11.0. The van der Waals surface area contributed by atoms with E-state index in [1.807, 2.05) is 38.1 Å². The lowest BCUT2D eigenvalue weighted by Crippen LogP contribution is -2.26. The number of rotatable bonds is 3. The minimum Gasteiger partial charge on any atom is -0.353 e. The van der Waals surface area contributed by atoms with E-state index >= 15 is 0 Å². The average Bonchev–Trinajstić information content (AvgIpc) is 2.56. The van der Waals surface area contributed by atoms with Gasteiger partial charge in [0.25, 0.3) is 0 Å². The van der Waals surface area contributed by atoms with Crippen molar-refractivity contribution in [1.29, 1.82) is 0 Å².